The number of fused-ring (bicyclic) bond motifs is 2. The van der Waals surface area contributed by atoms with Crippen LogP contribution in [0.3, 0.4) is 0 Å². The maximum atomic E-state index is 9.88. The van der Waals surface area contributed by atoms with Crippen LogP contribution >= 0.6 is 0 Å². The quantitative estimate of drug-likeness (QED) is 0.822. The molecule has 2 bridgehead atoms. The first-order chi connectivity index (χ1) is 8.66. The van der Waals surface area contributed by atoms with Crippen LogP contribution in [0.5, 0.6) is 0 Å². The minimum Gasteiger partial charge on any atom is -0.393 e. The minimum absolute atomic E-state index is 0.0513. The van der Waals surface area contributed by atoms with Gasteiger partial charge in [-0.25, -0.2) is 0 Å². The van der Waals surface area contributed by atoms with Crippen LogP contribution in [0.1, 0.15) is 60.3 Å². The summed E-state index contributed by atoms with van der Waals surface area (Å²) in [6.45, 7) is 13.6. The summed E-state index contributed by atoms with van der Waals surface area (Å²) in [7, 11) is 0. The SMILES string of the molecule is CC(C)(CNC(C)(C)C)CN1C2CCC1CC(O)C2. The number of rotatable bonds is 4. The molecule has 0 radical (unpaired) electrons. The van der Waals surface area contributed by atoms with Crippen molar-refractivity contribution < 1.29 is 5.11 Å². The largest absolute Gasteiger partial charge is 0.393 e. The van der Waals surface area contributed by atoms with Gasteiger partial charge in [0.05, 0.1) is 6.10 Å². The molecule has 2 fully saturated rings. The highest BCUT2D eigenvalue weighted by atomic mass is 16.3. The highest BCUT2D eigenvalue weighted by molar-refractivity contribution is 4.97. The van der Waals surface area contributed by atoms with E-state index in [4.69, 9.17) is 0 Å². The number of aliphatic hydroxyl groups is 1. The van der Waals surface area contributed by atoms with Crippen LogP contribution in [0, 0.1) is 5.41 Å². The van der Waals surface area contributed by atoms with E-state index in [1.165, 1.54) is 12.8 Å². The predicted molar refractivity (Wildman–Crippen MR) is 80.3 cm³/mol. The first-order valence-corrected chi connectivity index (χ1v) is 7.85. The molecule has 2 rings (SSSR count). The smallest absolute Gasteiger partial charge is 0.0570 e. The lowest BCUT2D eigenvalue weighted by atomic mass is 9.88. The van der Waals surface area contributed by atoms with E-state index >= 15 is 0 Å². The van der Waals surface area contributed by atoms with Crippen molar-refractivity contribution >= 4 is 0 Å². The summed E-state index contributed by atoms with van der Waals surface area (Å²) >= 11 is 0. The summed E-state index contributed by atoms with van der Waals surface area (Å²) in [5, 5.41) is 13.5. The van der Waals surface area contributed by atoms with E-state index in [9.17, 15) is 5.11 Å². The van der Waals surface area contributed by atoms with Crippen LogP contribution in [0.2, 0.25) is 0 Å². The lowest BCUT2D eigenvalue weighted by molar-refractivity contribution is 0.0149. The van der Waals surface area contributed by atoms with E-state index in [-0.39, 0.29) is 17.1 Å². The van der Waals surface area contributed by atoms with Gasteiger partial charge in [0, 0.05) is 30.7 Å². The average Bonchev–Trinajstić information content (AvgIpc) is 2.48. The first kappa shape index (κ1) is 15.3. The van der Waals surface area contributed by atoms with Crippen molar-refractivity contribution in [3.05, 3.63) is 0 Å². The average molecular weight is 268 g/mol. The third kappa shape index (κ3) is 4.17. The van der Waals surface area contributed by atoms with Gasteiger partial charge in [-0.15, -0.1) is 0 Å². The molecular formula is C16H32N2O. The second-order valence-electron chi connectivity index (χ2n) is 8.45. The van der Waals surface area contributed by atoms with Gasteiger partial charge in [0.1, 0.15) is 0 Å². The minimum atomic E-state index is -0.0513. The fourth-order valence-electron chi connectivity index (χ4n) is 3.56. The van der Waals surface area contributed by atoms with Gasteiger partial charge in [0.2, 0.25) is 0 Å². The molecule has 2 heterocycles. The standard InChI is InChI=1S/C16H32N2O/c1-15(2,3)17-10-16(4,5)11-18-12-6-7-13(18)9-14(19)8-12/h12-14,17,19H,6-11H2,1-5H3. The number of aliphatic hydroxyl groups excluding tert-OH is 1. The summed E-state index contributed by atoms with van der Waals surface area (Å²) in [4.78, 5) is 2.68. The molecule has 0 saturated carbocycles. The van der Waals surface area contributed by atoms with E-state index in [0.717, 1.165) is 25.9 Å². The third-order valence-corrected chi connectivity index (χ3v) is 4.57. The van der Waals surface area contributed by atoms with Crippen molar-refractivity contribution in [1.29, 1.82) is 0 Å². The fourth-order valence-corrected chi connectivity index (χ4v) is 3.56. The zero-order valence-corrected chi connectivity index (χ0v) is 13.4. The Labute approximate surface area is 118 Å². The monoisotopic (exact) mass is 268 g/mol. The molecule has 3 heteroatoms. The highest BCUT2D eigenvalue weighted by Crippen LogP contribution is 2.37. The highest BCUT2D eigenvalue weighted by Gasteiger charge is 2.42. The molecule has 0 aromatic rings. The molecule has 2 aliphatic rings. The molecule has 0 aromatic heterocycles. The maximum Gasteiger partial charge on any atom is 0.0570 e. The second-order valence-corrected chi connectivity index (χ2v) is 8.45. The van der Waals surface area contributed by atoms with Gasteiger partial charge in [0.15, 0.2) is 0 Å². The van der Waals surface area contributed by atoms with Crippen LogP contribution in [0.25, 0.3) is 0 Å². The molecule has 2 aliphatic heterocycles. The van der Waals surface area contributed by atoms with Crippen LogP contribution in [0.15, 0.2) is 0 Å². The Morgan fingerprint density at radius 1 is 1.05 bits per heavy atom. The van der Waals surface area contributed by atoms with Crippen molar-refractivity contribution in [2.24, 2.45) is 5.41 Å². The van der Waals surface area contributed by atoms with Gasteiger partial charge in [-0.1, -0.05) is 13.8 Å². The van der Waals surface area contributed by atoms with Crippen LogP contribution in [-0.2, 0) is 0 Å². The number of hydrogen-bond acceptors (Lipinski definition) is 3. The topological polar surface area (TPSA) is 35.5 Å². The third-order valence-electron chi connectivity index (χ3n) is 4.57. The molecule has 2 saturated heterocycles. The number of piperidine rings is 1. The number of nitrogens with one attached hydrogen (secondary N) is 1. The molecule has 0 aromatic carbocycles. The summed E-state index contributed by atoms with van der Waals surface area (Å²) in [6.07, 6.45) is 4.48. The molecule has 2 atom stereocenters. The van der Waals surface area contributed by atoms with Gasteiger partial charge in [0.25, 0.3) is 0 Å². The molecule has 2 unspecified atom stereocenters. The zero-order chi connectivity index (χ0) is 14.3. The van der Waals surface area contributed by atoms with E-state index in [1.807, 2.05) is 0 Å². The summed E-state index contributed by atoms with van der Waals surface area (Å²) in [6, 6.07) is 1.25. The Kier molecular flexibility index (Phi) is 4.29. The van der Waals surface area contributed by atoms with Crippen molar-refractivity contribution in [2.75, 3.05) is 13.1 Å². The molecular weight excluding hydrogens is 236 g/mol. The number of nitrogens with zero attached hydrogens (tertiary/aromatic N) is 1. The first-order valence-electron chi connectivity index (χ1n) is 7.85. The van der Waals surface area contributed by atoms with Crippen molar-refractivity contribution in [1.82, 2.24) is 10.2 Å². The van der Waals surface area contributed by atoms with Gasteiger partial charge in [-0.3, -0.25) is 4.90 Å². The second kappa shape index (κ2) is 5.34. The Hall–Kier alpha value is -0.120. The Balaban J connectivity index is 1.90. The van der Waals surface area contributed by atoms with Gasteiger partial charge >= 0.3 is 0 Å². The lowest BCUT2D eigenvalue weighted by Gasteiger charge is -2.42. The van der Waals surface area contributed by atoms with Gasteiger partial charge < -0.3 is 10.4 Å². The van der Waals surface area contributed by atoms with E-state index in [2.05, 4.69) is 44.8 Å². The fraction of sp³-hybridized carbons (Fsp3) is 1.00. The summed E-state index contributed by atoms with van der Waals surface area (Å²) in [5.41, 5.74) is 0.477. The number of hydrogen-bond donors (Lipinski definition) is 2. The lowest BCUT2D eigenvalue weighted by Crippen LogP contribution is -2.51. The van der Waals surface area contributed by atoms with Crippen molar-refractivity contribution in [3.63, 3.8) is 0 Å². The normalized spacial score (nSPS) is 32.8. The van der Waals surface area contributed by atoms with E-state index < -0.39 is 0 Å². The molecule has 0 amide bonds. The zero-order valence-electron chi connectivity index (χ0n) is 13.4. The Morgan fingerprint density at radius 3 is 2.05 bits per heavy atom. The molecule has 0 spiro atoms. The van der Waals surface area contributed by atoms with Crippen LogP contribution in [-0.4, -0.2) is 46.8 Å². The van der Waals surface area contributed by atoms with Crippen molar-refractivity contribution in [2.45, 2.75) is 84.0 Å². The Bertz CT molecular complexity index is 294. The Morgan fingerprint density at radius 2 is 1.58 bits per heavy atom. The molecule has 3 nitrogen and oxygen atoms in total. The molecule has 2 N–H and O–H groups in total. The van der Waals surface area contributed by atoms with E-state index in [0.29, 0.717) is 12.1 Å². The van der Waals surface area contributed by atoms with Gasteiger partial charge in [-0.2, -0.15) is 0 Å². The maximum absolute atomic E-state index is 9.88. The van der Waals surface area contributed by atoms with E-state index in [1.54, 1.807) is 0 Å². The molecule has 0 aliphatic carbocycles. The summed E-state index contributed by atoms with van der Waals surface area (Å²) < 4.78 is 0. The van der Waals surface area contributed by atoms with Crippen LogP contribution in [0.4, 0.5) is 0 Å². The molecule has 19 heavy (non-hydrogen) atoms. The predicted octanol–water partition coefficient (Wildman–Crippen LogP) is 2.39. The molecule has 112 valence electrons. The van der Waals surface area contributed by atoms with Gasteiger partial charge in [-0.05, 0) is 51.9 Å². The summed E-state index contributed by atoms with van der Waals surface area (Å²) in [5.74, 6) is 0. The van der Waals surface area contributed by atoms with Crippen molar-refractivity contribution in [3.8, 4) is 0 Å². The van der Waals surface area contributed by atoms with Crippen LogP contribution < -0.4 is 5.32 Å².